The van der Waals surface area contributed by atoms with Crippen LogP contribution in [-0.2, 0) is 30.5 Å². The van der Waals surface area contributed by atoms with Gasteiger partial charge in [0.15, 0.2) is 16.4 Å². The quantitative estimate of drug-likeness (QED) is 0.821. The van der Waals surface area contributed by atoms with Crippen LogP contribution in [0.25, 0.3) is 11.0 Å². The summed E-state index contributed by atoms with van der Waals surface area (Å²) in [7, 11) is -7.55. The number of fused-ring (bicyclic) bond motifs is 1. The molecule has 1 aromatic carbocycles. The van der Waals surface area contributed by atoms with Gasteiger partial charge in [0.25, 0.3) is 0 Å². The smallest absolute Gasteiger partial charge is 0.229 e. The highest BCUT2D eigenvalue weighted by Gasteiger charge is 2.36. The first-order valence-electron chi connectivity index (χ1n) is 7.40. The van der Waals surface area contributed by atoms with E-state index in [0.717, 1.165) is 18.4 Å². The Balaban J connectivity index is 1.97. The van der Waals surface area contributed by atoms with Gasteiger partial charge in [0.05, 0.1) is 11.9 Å². The summed E-state index contributed by atoms with van der Waals surface area (Å²) in [5.74, 6) is -1.41. The molecule has 12 heteroatoms. The molecule has 0 atom stereocenters. The van der Waals surface area contributed by atoms with Crippen molar-refractivity contribution in [2.45, 2.75) is 31.6 Å². The van der Waals surface area contributed by atoms with Crippen molar-refractivity contribution in [1.29, 1.82) is 0 Å². The Morgan fingerprint density at radius 2 is 1.96 bits per heavy atom. The Bertz CT molecular complexity index is 1120. The van der Waals surface area contributed by atoms with Gasteiger partial charge in [0.1, 0.15) is 17.0 Å². The number of hydrogen-bond acceptors (Lipinski definition) is 8. The molecule has 0 radical (unpaired) electrons. The van der Waals surface area contributed by atoms with Crippen LogP contribution in [-0.4, -0.2) is 38.9 Å². The lowest BCUT2D eigenvalue weighted by Gasteiger charge is -2.13. The first-order valence-corrected chi connectivity index (χ1v) is 10.9. The lowest BCUT2D eigenvalue weighted by Crippen LogP contribution is -2.23. The fourth-order valence-electron chi connectivity index (χ4n) is 2.42. The van der Waals surface area contributed by atoms with Crippen molar-refractivity contribution in [3.63, 3.8) is 0 Å². The molecule has 0 fully saturated rings. The van der Waals surface area contributed by atoms with E-state index in [-0.39, 0.29) is 33.8 Å². The Kier molecular flexibility index (Phi) is 4.22. The number of nitrogens with one attached hydrogen (secondary N) is 1. The molecule has 0 bridgehead atoms. The van der Waals surface area contributed by atoms with Crippen molar-refractivity contribution < 1.29 is 30.6 Å². The predicted molar refractivity (Wildman–Crippen MR) is 92.3 cm³/mol. The summed E-state index contributed by atoms with van der Waals surface area (Å²) in [6, 6.07) is 2.08. The van der Waals surface area contributed by atoms with Crippen LogP contribution >= 0.6 is 0 Å². The summed E-state index contributed by atoms with van der Waals surface area (Å²) in [6.07, 6.45) is 0.982. The van der Waals surface area contributed by atoms with Crippen molar-refractivity contribution in [3.05, 3.63) is 23.6 Å². The Morgan fingerprint density at radius 3 is 2.54 bits per heavy atom. The molecule has 3 rings (SSSR count). The standard InChI is InChI=1S/C14H16FN3O6S2/c1-14(2)6-13(17-24-14)26(21,22)7-11-8-4-10(18-25(3,19)20)9(15)5-12(8)23-16-11/h4-5,18H,6-7H2,1-3H3. The second-order valence-electron chi connectivity index (χ2n) is 6.60. The Labute approximate surface area is 149 Å². The number of sulfone groups is 1. The van der Waals surface area contributed by atoms with Crippen molar-refractivity contribution in [2.75, 3.05) is 11.0 Å². The molecule has 2 aromatic rings. The molecule has 0 saturated heterocycles. The third kappa shape index (κ3) is 3.80. The van der Waals surface area contributed by atoms with E-state index in [1.54, 1.807) is 13.8 Å². The van der Waals surface area contributed by atoms with E-state index in [0.29, 0.717) is 0 Å². The minimum absolute atomic E-state index is 0.00306. The van der Waals surface area contributed by atoms with Crippen molar-refractivity contribution in [1.82, 2.24) is 5.16 Å². The zero-order chi connectivity index (χ0) is 19.3. The molecule has 26 heavy (non-hydrogen) atoms. The van der Waals surface area contributed by atoms with Crippen LogP contribution in [0, 0.1) is 5.82 Å². The summed E-state index contributed by atoms with van der Waals surface area (Å²) in [4.78, 5) is 5.07. The summed E-state index contributed by atoms with van der Waals surface area (Å²) in [5.41, 5.74) is -1.03. The highest BCUT2D eigenvalue weighted by Crippen LogP contribution is 2.30. The number of oxime groups is 1. The van der Waals surface area contributed by atoms with Gasteiger partial charge in [-0.15, -0.1) is 0 Å². The van der Waals surface area contributed by atoms with Gasteiger partial charge in [-0.2, -0.15) is 0 Å². The van der Waals surface area contributed by atoms with E-state index in [1.165, 1.54) is 0 Å². The molecule has 0 saturated carbocycles. The van der Waals surface area contributed by atoms with Crippen LogP contribution < -0.4 is 4.72 Å². The first-order chi connectivity index (χ1) is 11.9. The largest absolute Gasteiger partial charge is 0.389 e. The molecule has 1 aromatic heterocycles. The Hall–Kier alpha value is -2.21. The lowest BCUT2D eigenvalue weighted by molar-refractivity contribution is 0.0123. The lowest BCUT2D eigenvalue weighted by atomic mass is 10.1. The van der Waals surface area contributed by atoms with E-state index in [2.05, 4.69) is 10.3 Å². The summed E-state index contributed by atoms with van der Waals surface area (Å²) in [5, 5.41) is 7.36. The van der Waals surface area contributed by atoms with E-state index < -0.39 is 37.0 Å². The number of rotatable bonds is 4. The fraction of sp³-hybridized carbons (Fsp3) is 0.429. The maximum Gasteiger partial charge on any atom is 0.229 e. The molecule has 9 nitrogen and oxygen atoms in total. The average Bonchev–Trinajstić information content (AvgIpc) is 3.02. The van der Waals surface area contributed by atoms with Crippen molar-refractivity contribution in [3.8, 4) is 0 Å². The van der Waals surface area contributed by atoms with E-state index in [1.807, 2.05) is 4.72 Å². The zero-order valence-electron chi connectivity index (χ0n) is 14.1. The van der Waals surface area contributed by atoms with Crippen molar-refractivity contribution in [2.24, 2.45) is 5.16 Å². The van der Waals surface area contributed by atoms with Crippen LogP contribution in [0.1, 0.15) is 26.0 Å². The number of benzene rings is 1. The van der Waals surface area contributed by atoms with Gasteiger partial charge in [0, 0.05) is 17.9 Å². The Morgan fingerprint density at radius 1 is 1.27 bits per heavy atom. The highest BCUT2D eigenvalue weighted by atomic mass is 32.2. The molecule has 2 heterocycles. The number of aromatic nitrogens is 1. The minimum Gasteiger partial charge on any atom is -0.389 e. The molecule has 0 unspecified atom stereocenters. The monoisotopic (exact) mass is 405 g/mol. The molecular weight excluding hydrogens is 389 g/mol. The zero-order valence-corrected chi connectivity index (χ0v) is 15.7. The van der Waals surface area contributed by atoms with Crippen LogP contribution in [0.3, 0.4) is 0 Å². The van der Waals surface area contributed by atoms with Crippen LogP contribution in [0.15, 0.2) is 21.8 Å². The molecule has 1 N–H and O–H groups in total. The second kappa shape index (κ2) is 5.91. The minimum atomic E-state index is -3.83. The number of nitrogens with zero attached hydrogens (tertiary/aromatic N) is 2. The topological polar surface area (TPSA) is 128 Å². The van der Waals surface area contributed by atoms with Gasteiger partial charge < -0.3 is 9.36 Å². The van der Waals surface area contributed by atoms with Gasteiger partial charge in [-0.1, -0.05) is 10.3 Å². The summed E-state index contributed by atoms with van der Waals surface area (Å²) >= 11 is 0. The molecule has 1 aliphatic heterocycles. The normalized spacial score (nSPS) is 17.2. The number of hydrogen-bond donors (Lipinski definition) is 1. The number of halogens is 1. The van der Waals surface area contributed by atoms with E-state index >= 15 is 0 Å². The summed E-state index contributed by atoms with van der Waals surface area (Å²) in [6.45, 7) is 3.41. The highest BCUT2D eigenvalue weighted by molar-refractivity contribution is 8.05. The molecule has 142 valence electrons. The fourth-order valence-corrected chi connectivity index (χ4v) is 4.43. The SMILES string of the molecule is CC1(C)CC(S(=O)(=O)Cc2noc3cc(F)c(NS(C)(=O)=O)cc23)=NO1. The van der Waals surface area contributed by atoms with E-state index in [4.69, 9.17) is 9.36 Å². The maximum atomic E-state index is 14.0. The van der Waals surface area contributed by atoms with Crippen LogP contribution in [0.2, 0.25) is 0 Å². The third-order valence-corrected chi connectivity index (χ3v) is 5.77. The van der Waals surface area contributed by atoms with E-state index in [9.17, 15) is 21.2 Å². The van der Waals surface area contributed by atoms with Gasteiger partial charge in [-0.25, -0.2) is 21.2 Å². The van der Waals surface area contributed by atoms with Crippen LogP contribution in [0.4, 0.5) is 10.1 Å². The van der Waals surface area contributed by atoms with Crippen LogP contribution in [0.5, 0.6) is 0 Å². The van der Waals surface area contributed by atoms with Gasteiger partial charge in [-0.3, -0.25) is 4.72 Å². The first kappa shape index (κ1) is 18.6. The molecule has 1 aliphatic rings. The summed E-state index contributed by atoms with van der Waals surface area (Å²) < 4.78 is 68.7. The van der Waals surface area contributed by atoms with Crippen molar-refractivity contribution >= 4 is 41.6 Å². The predicted octanol–water partition coefficient (Wildman–Crippen LogP) is 1.77. The molecule has 0 spiro atoms. The van der Waals surface area contributed by atoms with Gasteiger partial charge >= 0.3 is 0 Å². The number of anilines is 1. The van der Waals surface area contributed by atoms with Gasteiger partial charge in [-0.05, 0) is 19.9 Å². The molecular formula is C14H16FN3O6S2. The number of sulfonamides is 1. The van der Waals surface area contributed by atoms with Gasteiger partial charge in [0.2, 0.25) is 19.9 Å². The molecule has 0 aliphatic carbocycles. The average molecular weight is 405 g/mol. The third-order valence-electron chi connectivity index (χ3n) is 3.59. The second-order valence-corrected chi connectivity index (χ2v) is 10.3. The molecule has 0 amide bonds. The maximum absolute atomic E-state index is 14.0.